The average Bonchev–Trinajstić information content (AvgIpc) is 2.38. The van der Waals surface area contributed by atoms with Crippen molar-refractivity contribution in [1.29, 1.82) is 0 Å². The first kappa shape index (κ1) is 14.2. The molecule has 3 unspecified atom stereocenters. The normalized spacial score (nSPS) is 32.2. The maximum atomic E-state index is 12.5. The Kier molecular flexibility index (Phi) is 4.32. The minimum atomic E-state index is -0.780. The SMILES string of the molecule is CC1CCN(C(=O)N2CCCC(C(=O)O)C2)C(C)C1. The van der Waals surface area contributed by atoms with Crippen molar-refractivity contribution in [2.75, 3.05) is 19.6 Å². The Morgan fingerprint density at radius 2 is 1.89 bits per heavy atom. The molecule has 2 amide bonds. The lowest BCUT2D eigenvalue weighted by Crippen LogP contribution is -2.53. The van der Waals surface area contributed by atoms with Gasteiger partial charge in [-0.2, -0.15) is 0 Å². The lowest BCUT2D eigenvalue weighted by molar-refractivity contribution is -0.143. The van der Waals surface area contributed by atoms with E-state index < -0.39 is 11.9 Å². The van der Waals surface area contributed by atoms with Crippen LogP contribution < -0.4 is 0 Å². The van der Waals surface area contributed by atoms with E-state index in [1.54, 1.807) is 4.90 Å². The van der Waals surface area contributed by atoms with E-state index in [9.17, 15) is 9.59 Å². The molecule has 0 spiro atoms. The van der Waals surface area contributed by atoms with E-state index in [2.05, 4.69) is 13.8 Å². The second-order valence-corrected chi connectivity index (χ2v) is 6.08. The van der Waals surface area contributed by atoms with E-state index in [1.165, 1.54) is 0 Å². The number of piperidine rings is 2. The molecule has 0 aromatic rings. The number of aliphatic carboxylic acids is 1. The van der Waals surface area contributed by atoms with Gasteiger partial charge in [-0.1, -0.05) is 6.92 Å². The number of amides is 2. The van der Waals surface area contributed by atoms with Crippen molar-refractivity contribution in [3.05, 3.63) is 0 Å². The van der Waals surface area contributed by atoms with Crippen LogP contribution in [0.2, 0.25) is 0 Å². The molecule has 2 rings (SSSR count). The molecule has 2 aliphatic heterocycles. The lowest BCUT2D eigenvalue weighted by atomic mass is 9.93. The Bertz CT molecular complexity index is 359. The number of carbonyl (C=O) groups excluding carboxylic acids is 1. The molecule has 0 bridgehead atoms. The van der Waals surface area contributed by atoms with Crippen molar-refractivity contribution in [3.8, 4) is 0 Å². The molecular formula is C14H24N2O3. The topological polar surface area (TPSA) is 60.9 Å². The predicted octanol–water partition coefficient (Wildman–Crippen LogP) is 2.02. The zero-order valence-corrected chi connectivity index (χ0v) is 11.8. The molecule has 2 fully saturated rings. The maximum Gasteiger partial charge on any atom is 0.320 e. The van der Waals surface area contributed by atoms with Gasteiger partial charge in [-0.25, -0.2) is 4.79 Å². The van der Waals surface area contributed by atoms with E-state index >= 15 is 0 Å². The predicted molar refractivity (Wildman–Crippen MR) is 71.9 cm³/mol. The number of hydrogen-bond acceptors (Lipinski definition) is 2. The maximum absolute atomic E-state index is 12.5. The highest BCUT2D eigenvalue weighted by atomic mass is 16.4. The largest absolute Gasteiger partial charge is 0.481 e. The van der Waals surface area contributed by atoms with Crippen LogP contribution in [0.15, 0.2) is 0 Å². The third-order valence-electron chi connectivity index (χ3n) is 4.43. The zero-order chi connectivity index (χ0) is 14.0. The van der Waals surface area contributed by atoms with Crippen LogP contribution >= 0.6 is 0 Å². The van der Waals surface area contributed by atoms with Gasteiger partial charge in [0.05, 0.1) is 5.92 Å². The van der Waals surface area contributed by atoms with Crippen molar-refractivity contribution in [3.63, 3.8) is 0 Å². The smallest absolute Gasteiger partial charge is 0.320 e. The summed E-state index contributed by atoms with van der Waals surface area (Å²) < 4.78 is 0. The zero-order valence-electron chi connectivity index (χ0n) is 11.8. The van der Waals surface area contributed by atoms with E-state index in [1.807, 2.05) is 4.90 Å². The number of likely N-dealkylation sites (tertiary alicyclic amines) is 2. The molecule has 2 saturated heterocycles. The van der Waals surface area contributed by atoms with E-state index in [0.29, 0.717) is 25.4 Å². The summed E-state index contributed by atoms with van der Waals surface area (Å²) in [7, 11) is 0. The van der Waals surface area contributed by atoms with Crippen molar-refractivity contribution in [2.45, 2.75) is 45.6 Å². The van der Waals surface area contributed by atoms with Gasteiger partial charge in [0.1, 0.15) is 0 Å². The highest BCUT2D eigenvalue weighted by molar-refractivity contribution is 5.77. The molecule has 3 atom stereocenters. The summed E-state index contributed by atoms with van der Waals surface area (Å²) in [5.74, 6) is -0.498. The first-order valence-corrected chi connectivity index (χ1v) is 7.27. The summed E-state index contributed by atoms with van der Waals surface area (Å²) in [5.41, 5.74) is 0. The highest BCUT2D eigenvalue weighted by Gasteiger charge is 2.33. The molecule has 5 nitrogen and oxygen atoms in total. The van der Waals surface area contributed by atoms with Crippen LogP contribution in [0.1, 0.15) is 39.5 Å². The van der Waals surface area contributed by atoms with Gasteiger partial charge in [0.15, 0.2) is 0 Å². The number of carbonyl (C=O) groups is 2. The van der Waals surface area contributed by atoms with E-state index in [4.69, 9.17) is 5.11 Å². The van der Waals surface area contributed by atoms with Gasteiger partial charge < -0.3 is 14.9 Å². The molecule has 108 valence electrons. The number of rotatable bonds is 1. The van der Waals surface area contributed by atoms with E-state index in [-0.39, 0.29) is 12.1 Å². The van der Waals surface area contributed by atoms with Gasteiger partial charge in [0, 0.05) is 25.7 Å². The monoisotopic (exact) mass is 268 g/mol. The van der Waals surface area contributed by atoms with Crippen LogP contribution in [0.25, 0.3) is 0 Å². The van der Waals surface area contributed by atoms with Crippen LogP contribution in [-0.2, 0) is 4.79 Å². The van der Waals surface area contributed by atoms with Gasteiger partial charge in [-0.05, 0) is 38.5 Å². The van der Waals surface area contributed by atoms with Crippen LogP contribution in [0.4, 0.5) is 4.79 Å². The Morgan fingerprint density at radius 1 is 1.16 bits per heavy atom. The molecule has 2 aliphatic rings. The molecule has 19 heavy (non-hydrogen) atoms. The van der Waals surface area contributed by atoms with Crippen molar-refractivity contribution in [1.82, 2.24) is 9.80 Å². The van der Waals surface area contributed by atoms with Gasteiger partial charge in [0.25, 0.3) is 0 Å². The highest BCUT2D eigenvalue weighted by Crippen LogP contribution is 2.25. The minimum absolute atomic E-state index is 0.0327. The van der Waals surface area contributed by atoms with Crippen LogP contribution in [0.3, 0.4) is 0 Å². The summed E-state index contributed by atoms with van der Waals surface area (Å²) in [6.07, 6.45) is 3.57. The van der Waals surface area contributed by atoms with Crippen molar-refractivity contribution < 1.29 is 14.7 Å². The Morgan fingerprint density at radius 3 is 2.53 bits per heavy atom. The molecule has 0 aromatic heterocycles. The average molecular weight is 268 g/mol. The second-order valence-electron chi connectivity index (χ2n) is 6.08. The summed E-state index contributed by atoms with van der Waals surface area (Å²) >= 11 is 0. The fourth-order valence-electron chi connectivity index (χ4n) is 3.23. The Balaban J connectivity index is 1.97. The third kappa shape index (κ3) is 3.19. The molecule has 2 heterocycles. The lowest BCUT2D eigenvalue weighted by Gasteiger charge is -2.41. The number of carboxylic acid groups (broad SMARTS) is 1. The van der Waals surface area contributed by atoms with Gasteiger partial charge in [0.2, 0.25) is 0 Å². The van der Waals surface area contributed by atoms with E-state index in [0.717, 1.165) is 25.8 Å². The number of hydrogen-bond donors (Lipinski definition) is 1. The molecular weight excluding hydrogens is 244 g/mol. The Labute approximate surface area is 114 Å². The van der Waals surface area contributed by atoms with Crippen LogP contribution in [-0.4, -0.2) is 52.6 Å². The molecule has 1 N–H and O–H groups in total. The third-order valence-corrected chi connectivity index (χ3v) is 4.43. The van der Waals surface area contributed by atoms with Gasteiger partial charge in [-0.15, -0.1) is 0 Å². The molecule has 5 heteroatoms. The van der Waals surface area contributed by atoms with Crippen LogP contribution in [0, 0.1) is 11.8 Å². The molecule has 0 aliphatic carbocycles. The summed E-state index contributed by atoms with van der Waals surface area (Å²) in [5, 5.41) is 9.08. The summed E-state index contributed by atoms with van der Waals surface area (Å²) in [4.78, 5) is 27.2. The van der Waals surface area contributed by atoms with Gasteiger partial charge >= 0.3 is 12.0 Å². The van der Waals surface area contributed by atoms with Gasteiger partial charge in [-0.3, -0.25) is 4.79 Å². The molecule has 0 aromatic carbocycles. The number of nitrogens with zero attached hydrogens (tertiary/aromatic N) is 2. The first-order chi connectivity index (χ1) is 8.99. The quantitative estimate of drug-likeness (QED) is 0.791. The molecule has 0 saturated carbocycles. The fourth-order valence-corrected chi connectivity index (χ4v) is 3.23. The van der Waals surface area contributed by atoms with Crippen molar-refractivity contribution >= 4 is 12.0 Å². The summed E-state index contributed by atoms with van der Waals surface area (Å²) in [6, 6.07) is 0.298. The first-order valence-electron chi connectivity index (χ1n) is 7.27. The fraction of sp³-hybridized carbons (Fsp3) is 0.857. The number of carboxylic acids is 1. The molecule has 0 radical (unpaired) electrons. The van der Waals surface area contributed by atoms with Crippen molar-refractivity contribution in [2.24, 2.45) is 11.8 Å². The standard InChI is InChI=1S/C14H24N2O3/c1-10-5-7-16(11(2)8-10)14(19)15-6-3-4-12(9-15)13(17)18/h10-12H,3-9H2,1-2H3,(H,17,18). The van der Waals surface area contributed by atoms with Crippen LogP contribution in [0.5, 0.6) is 0 Å². The number of urea groups is 1. The summed E-state index contributed by atoms with van der Waals surface area (Å²) in [6.45, 7) is 6.18. The minimum Gasteiger partial charge on any atom is -0.481 e. The second kappa shape index (κ2) is 5.80. The Hall–Kier alpha value is -1.26.